The summed E-state index contributed by atoms with van der Waals surface area (Å²) in [5.74, 6) is -0.724. The second kappa shape index (κ2) is 12.1. The number of rotatable bonds is 10. The smallest absolute Gasteiger partial charge is 0.240 e. The highest BCUT2D eigenvalue weighted by atomic mass is 19.1. The first kappa shape index (κ1) is 24.4. The number of halogens is 1. The summed E-state index contributed by atoms with van der Waals surface area (Å²) in [5.41, 5.74) is 1.66. The molecule has 2 aromatic rings. The lowest BCUT2D eigenvalue weighted by atomic mass is 9.75. The van der Waals surface area contributed by atoms with E-state index in [2.05, 4.69) is 10.6 Å². The van der Waals surface area contributed by atoms with E-state index in [-0.39, 0.29) is 17.7 Å². The quantitative estimate of drug-likeness (QED) is 0.452. The third kappa shape index (κ3) is 6.37. The fraction of sp³-hybridized carbons (Fsp3) is 0.500. The van der Waals surface area contributed by atoms with Gasteiger partial charge in [-0.3, -0.25) is 4.79 Å². The van der Waals surface area contributed by atoms with E-state index >= 15 is 4.39 Å². The minimum atomic E-state index is -1.35. The maximum Gasteiger partial charge on any atom is 0.240 e. The van der Waals surface area contributed by atoms with E-state index in [9.17, 15) is 15.0 Å². The Labute approximate surface area is 190 Å². The van der Waals surface area contributed by atoms with E-state index in [0.29, 0.717) is 38.8 Å². The molecule has 6 heteroatoms. The SMILES string of the molecule is CCNC(=O)[C@H]1NC[C@H](CCC(O)c2ccccc2)[C@H](CCC(O)c2ccccc2)[C@H]1F. The Morgan fingerprint density at radius 3 is 2.06 bits per heavy atom. The summed E-state index contributed by atoms with van der Waals surface area (Å²) in [4.78, 5) is 12.4. The number of piperidine rings is 1. The Kier molecular flexibility index (Phi) is 9.21. The first-order valence-electron chi connectivity index (χ1n) is 11.6. The Balaban J connectivity index is 1.66. The van der Waals surface area contributed by atoms with Crippen molar-refractivity contribution >= 4 is 5.91 Å². The zero-order chi connectivity index (χ0) is 22.9. The van der Waals surface area contributed by atoms with Crippen LogP contribution in [0, 0.1) is 11.8 Å². The number of hydrogen-bond donors (Lipinski definition) is 4. The number of amides is 1. The topological polar surface area (TPSA) is 81.6 Å². The van der Waals surface area contributed by atoms with Crippen LogP contribution in [0.4, 0.5) is 4.39 Å². The molecule has 174 valence electrons. The van der Waals surface area contributed by atoms with Crippen LogP contribution in [0.1, 0.15) is 55.9 Å². The number of aliphatic hydroxyl groups excluding tert-OH is 2. The molecular formula is C26H35FN2O3. The van der Waals surface area contributed by atoms with Gasteiger partial charge in [-0.25, -0.2) is 4.39 Å². The summed E-state index contributed by atoms with van der Waals surface area (Å²) in [6, 6.07) is 18.0. The highest BCUT2D eigenvalue weighted by molar-refractivity contribution is 5.82. The summed E-state index contributed by atoms with van der Waals surface area (Å²) in [7, 11) is 0. The number of likely N-dealkylation sites (N-methyl/N-ethyl adjacent to an activating group) is 1. The first-order chi connectivity index (χ1) is 15.5. The molecule has 0 spiro atoms. The fourth-order valence-corrected chi connectivity index (χ4v) is 4.69. The van der Waals surface area contributed by atoms with E-state index in [1.165, 1.54) is 0 Å². The number of alkyl halides is 1. The molecule has 0 bridgehead atoms. The minimum absolute atomic E-state index is 0.0305. The Morgan fingerprint density at radius 2 is 1.53 bits per heavy atom. The standard InChI is InChI=1S/C26H35FN2O3/c1-2-28-26(32)25-24(27)21(14-16-23(31)19-11-7-4-8-12-19)20(17-29-25)13-15-22(30)18-9-5-3-6-10-18/h3-12,20-25,29-31H,2,13-17H2,1H3,(H,28,32)/t20-,21-,22?,23?,24+,25-/m0/s1. The number of carbonyl (C=O) groups is 1. The molecule has 4 N–H and O–H groups in total. The maximum absolute atomic E-state index is 15.6. The van der Waals surface area contributed by atoms with Crippen LogP contribution in [0.25, 0.3) is 0 Å². The molecule has 0 aliphatic carbocycles. The van der Waals surface area contributed by atoms with Gasteiger partial charge in [0.15, 0.2) is 0 Å². The molecule has 6 atom stereocenters. The van der Waals surface area contributed by atoms with Gasteiger partial charge < -0.3 is 20.8 Å². The van der Waals surface area contributed by atoms with Crippen molar-refractivity contribution in [2.45, 2.75) is 57.0 Å². The van der Waals surface area contributed by atoms with Gasteiger partial charge in [-0.05, 0) is 62.1 Å². The third-order valence-electron chi connectivity index (χ3n) is 6.52. The van der Waals surface area contributed by atoms with Crippen LogP contribution in [-0.2, 0) is 4.79 Å². The average Bonchev–Trinajstić information content (AvgIpc) is 2.83. The lowest BCUT2D eigenvalue weighted by Gasteiger charge is -2.40. The Hall–Kier alpha value is -2.28. The predicted octanol–water partition coefficient (Wildman–Crippen LogP) is 3.69. The molecule has 1 fully saturated rings. The second-order valence-corrected chi connectivity index (χ2v) is 8.66. The van der Waals surface area contributed by atoms with Gasteiger partial charge in [0, 0.05) is 6.54 Å². The van der Waals surface area contributed by atoms with Gasteiger partial charge in [-0.2, -0.15) is 0 Å². The molecule has 0 radical (unpaired) electrons. The van der Waals surface area contributed by atoms with Crippen LogP contribution >= 0.6 is 0 Å². The average molecular weight is 443 g/mol. The summed E-state index contributed by atoms with van der Waals surface area (Å²) in [5, 5.41) is 27.0. The van der Waals surface area contributed by atoms with Crippen LogP contribution in [-0.4, -0.2) is 41.4 Å². The third-order valence-corrected chi connectivity index (χ3v) is 6.52. The molecule has 2 unspecified atom stereocenters. The zero-order valence-electron chi connectivity index (χ0n) is 18.7. The molecule has 1 aliphatic rings. The van der Waals surface area contributed by atoms with E-state index in [1.807, 2.05) is 67.6 Å². The number of aliphatic hydroxyl groups is 2. The molecule has 3 rings (SSSR count). The first-order valence-corrected chi connectivity index (χ1v) is 11.6. The second-order valence-electron chi connectivity index (χ2n) is 8.66. The van der Waals surface area contributed by atoms with E-state index < -0.39 is 24.4 Å². The van der Waals surface area contributed by atoms with Crippen LogP contribution < -0.4 is 10.6 Å². The van der Waals surface area contributed by atoms with Gasteiger partial charge in [0.25, 0.3) is 0 Å². The Bertz CT molecular complexity index is 820. The largest absolute Gasteiger partial charge is 0.388 e. The molecule has 1 heterocycles. The van der Waals surface area contributed by atoms with Crippen LogP contribution in [0.5, 0.6) is 0 Å². The van der Waals surface area contributed by atoms with Crippen LogP contribution in [0.2, 0.25) is 0 Å². The van der Waals surface area contributed by atoms with E-state index in [0.717, 1.165) is 11.1 Å². The zero-order valence-corrected chi connectivity index (χ0v) is 18.7. The lowest BCUT2D eigenvalue weighted by Crippen LogP contribution is -2.59. The van der Waals surface area contributed by atoms with Crippen molar-refractivity contribution in [3.63, 3.8) is 0 Å². The molecule has 1 aliphatic heterocycles. The van der Waals surface area contributed by atoms with E-state index in [1.54, 1.807) is 0 Å². The molecule has 1 amide bonds. The number of carbonyl (C=O) groups excluding carboxylic acids is 1. The van der Waals surface area contributed by atoms with Crippen LogP contribution in [0.3, 0.4) is 0 Å². The van der Waals surface area contributed by atoms with Crippen molar-refractivity contribution in [1.29, 1.82) is 0 Å². The van der Waals surface area contributed by atoms with Gasteiger partial charge in [-0.15, -0.1) is 0 Å². The summed E-state index contributed by atoms with van der Waals surface area (Å²) in [6.07, 6.45) is -0.569. The Morgan fingerprint density at radius 1 is 1.00 bits per heavy atom. The maximum atomic E-state index is 15.6. The molecule has 0 saturated carbocycles. The normalized spacial score (nSPS) is 25.1. The van der Waals surface area contributed by atoms with Crippen molar-refractivity contribution in [1.82, 2.24) is 10.6 Å². The van der Waals surface area contributed by atoms with Crippen molar-refractivity contribution in [3.05, 3.63) is 71.8 Å². The van der Waals surface area contributed by atoms with Crippen molar-refractivity contribution < 1.29 is 19.4 Å². The summed E-state index contributed by atoms with van der Waals surface area (Å²) in [6.45, 7) is 2.78. The highest BCUT2D eigenvalue weighted by Gasteiger charge is 2.42. The highest BCUT2D eigenvalue weighted by Crippen LogP contribution is 2.36. The van der Waals surface area contributed by atoms with Gasteiger partial charge in [0.2, 0.25) is 5.91 Å². The molecule has 1 saturated heterocycles. The lowest BCUT2D eigenvalue weighted by molar-refractivity contribution is -0.127. The molecule has 0 aromatic heterocycles. The van der Waals surface area contributed by atoms with Gasteiger partial charge in [-0.1, -0.05) is 60.7 Å². The summed E-state index contributed by atoms with van der Waals surface area (Å²) >= 11 is 0. The number of nitrogens with one attached hydrogen (secondary N) is 2. The number of benzene rings is 2. The fourth-order valence-electron chi connectivity index (χ4n) is 4.69. The van der Waals surface area contributed by atoms with Gasteiger partial charge in [0.05, 0.1) is 12.2 Å². The molecule has 5 nitrogen and oxygen atoms in total. The van der Waals surface area contributed by atoms with E-state index in [4.69, 9.17) is 0 Å². The molecule has 32 heavy (non-hydrogen) atoms. The minimum Gasteiger partial charge on any atom is -0.388 e. The van der Waals surface area contributed by atoms with Gasteiger partial charge in [0.1, 0.15) is 12.2 Å². The molecular weight excluding hydrogens is 407 g/mol. The van der Waals surface area contributed by atoms with Crippen LogP contribution in [0.15, 0.2) is 60.7 Å². The number of hydrogen-bond acceptors (Lipinski definition) is 4. The predicted molar refractivity (Wildman–Crippen MR) is 124 cm³/mol. The van der Waals surface area contributed by atoms with Crippen molar-refractivity contribution in [3.8, 4) is 0 Å². The summed E-state index contributed by atoms with van der Waals surface area (Å²) < 4.78 is 15.6. The van der Waals surface area contributed by atoms with Crippen molar-refractivity contribution in [2.75, 3.05) is 13.1 Å². The van der Waals surface area contributed by atoms with Gasteiger partial charge >= 0.3 is 0 Å². The monoisotopic (exact) mass is 442 g/mol. The molecule has 2 aromatic carbocycles. The van der Waals surface area contributed by atoms with Crippen molar-refractivity contribution in [2.24, 2.45) is 11.8 Å².